The molecule has 0 aliphatic heterocycles. The number of rotatable bonds is 5. The molecule has 15 nitrogen and oxygen atoms in total. The van der Waals surface area contributed by atoms with E-state index < -0.39 is 57.1 Å². The molecule has 146 valence electrons. The van der Waals surface area contributed by atoms with Gasteiger partial charge in [-0.1, -0.05) is 0 Å². The summed E-state index contributed by atoms with van der Waals surface area (Å²) in [7, 11) is -10.3. The first-order chi connectivity index (χ1) is 9.78. The van der Waals surface area contributed by atoms with Crippen LogP contribution < -0.4 is 0 Å². The van der Waals surface area contributed by atoms with E-state index in [4.69, 9.17) is 55.5 Å². The van der Waals surface area contributed by atoms with Crippen molar-refractivity contribution < 1.29 is 86.3 Å². The number of hydrogen-bond donors (Lipinski definition) is 4. The van der Waals surface area contributed by atoms with Crippen LogP contribution in [0.2, 0.25) is 0 Å². The van der Waals surface area contributed by atoms with Gasteiger partial charge in [0.1, 0.15) is 0 Å². The smallest absolute Gasteiger partial charge is 0.759 e. The summed E-state index contributed by atoms with van der Waals surface area (Å²) in [5.74, 6) is -5.02. The Morgan fingerprint density at radius 3 is 1.00 bits per heavy atom. The van der Waals surface area contributed by atoms with Crippen molar-refractivity contribution in [3.63, 3.8) is 0 Å². The second-order valence-corrected chi connectivity index (χ2v) is 4.93. The minimum atomic E-state index is -5.17. The summed E-state index contributed by atoms with van der Waals surface area (Å²) in [5.41, 5.74) is -2.74. The SMILES string of the molecule is O=C(O)CC(O)(CC(=O)O)C(=O)O.O=S(=O)([O-])[O-].O=S(=O)([O-])[O-].[Mg+2].[Ni+2]. The summed E-state index contributed by atoms with van der Waals surface area (Å²) >= 11 is 0. The normalized spacial score (nSPS) is 10.3. The maximum Gasteiger partial charge on any atom is 2.00 e. The van der Waals surface area contributed by atoms with Gasteiger partial charge in [-0.25, -0.2) is 4.79 Å². The molecule has 0 amide bonds. The Kier molecular flexibility index (Phi) is 20.6. The van der Waals surface area contributed by atoms with E-state index in [-0.39, 0.29) is 39.5 Å². The fraction of sp³-hybridized carbons (Fsp3) is 0.500. The third kappa shape index (κ3) is 45.2. The zero-order chi connectivity index (χ0) is 19.6. The van der Waals surface area contributed by atoms with Crippen LogP contribution in [0.1, 0.15) is 12.8 Å². The van der Waals surface area contributed by atoms with Crippen molar-refractivity contribution in [3.8, 4) is 0 Å². The third-order valence-electron chi connectivity index (χ3n) is 1.29. The van der Waals surface area contributed by atoms with Gasteiger partial charge >= 0.3 is 57.5 Å². The van der Waals surface area contributed by atoms with Gasteiger partial charge in [-0.3, -0.25) is 26.4 Å². The van der Waals surface area contributed by atoms with E-state index in [9.17, 15) is 14.4 Å². The Hall–Kier alpha value is -0.630. The second kappa shape index (κ2) is 14.5. The van der Waals surface area contributed by atoms with Gasteiger partial charge in [0, 0.05) is 20.8 Å². The van der Waals surface area contributed by atoms with E-state index in [1.54, 1.807) is 0 Å². The van der Waals surface area contributed by atoms with Crippen molar-refractivity contribution in [2.75, 3.05) is 0 Å². The van der Waals surface area contributed by atoms with Gasteiger partial charge in [-0.15, -0.1) is 0 Å². The molecule has 0 rings (SSSR count). The van der Waals surface area contributed by atoms with Gasteiger partial charge in [0.05, 0.1) is 12.8 Å². The number of aliphatic carboxylic acids is 3. The minimum Gasteiger partial charge on any atom is -0.759 e. The molecule has 0 aromatic carbocycles. The van der Waals surface area contributed by atoms with Crippen molar-refractivity contribution in [2.24, 2.45) is 0 Å². The Balaban J connectivity index is -0.0000000933. The first-order valence-corrected chi connectivity index (χ1v) is 7.17. The molecule has 0 aromatic rings. The van der Waals surface area contributed by atoms with Gasteiger partial charge in [-0.05, 0) is 0 Å². The minimum absolute atomic E-state index is 0. The van der Waals surface area contributed by atoms with Crippen LogP contribution >= 0.6 is 0 Å². The van der Waals surface area contributed by atoms with Gasteiger partial charge in [0.25, 0.3) is 0 Å². The molecule has 0 saturated carbocycles. The van der Waals surface area contributed by atoms with Crippen LogP contribution in [0.5, 0.6) is 0 Å². The zero-order valence-corrected chi connectivity index (χ0v) is 15.6. The third-order valence-corrected chi connectivity index (χ3v) is 1.29. The number of aliphatic hydroxyl groups is 1. The molecule has 0 fully saturated rings. The van der Waals surface area contributed by atoms with Crippen LogP contribution in [0.3, 0.4) is 0 Å². The Bertz CT molecular complexity index is 562. The van der Waals surface area contributed by atoms with Crippen LogP contribution in [-0.4, -0.2) is 102 Å². The average molecular weight is 467 g/mol. The van der Waals surface area contributed by atoms with Crippen LogP contribution in [-0.2, 0) is 51.7 Å². The molecule has 0 aliphatic rings. The second-order valence-electron chi connectivity index (χ2n) is 3.29. The molecule has 0 saturated heterocycles. The molecule has 25 heavy (non-hydrogen) atoms. The molecule has 0 aromatic heterocycles. The zero-order valence-electron chi connectivity index (χ0n) is 11.5. The topological polar surface area (TPSA) is 293 Å². The molecule has 0 aliphatic carbocycles. The van der Waals surface area contributed by atoms with E-state index in [0.29, 0.717) is 0 Å². The van der Waals surface area contributed by atoms with Crippen LogP contribution in [0.25, 0.3) is 0 Å². The molecule has 0 radical (unpaired) electrons. The van der Waals surface area contributed by atoms with Crippen LogP contribution in [0, 0.1) is 0 Å². The Morgan fingerprint density at radius 1 is 0.760 bits per heavy atom. The first-order valence-electron chi connectivity index (χ1n) is 4.50. The summed E-state index contributed by atoms with van der Waals surface area (Å²) in [6, 6.07) is 0. The van der Waals surface area contributed by atoms with E-state index in [1.165, 1.54) is 0 Å². The maximum absolute atomic E-state index is 10.3. The van der Waals surface area contributed by atoms with E-state index in [1.807, 2.05) is 0 Å². The van der Waals surface area contributed by atoms with Gasteiger partial charge in [0.15, 0.2) is 5.60 Å². The summed E-state index contributed by atoms with van der Waals surface area (Å²) in [6.07, 6.45) is -2.29. The largest absolute Gasteiger partial charge is 2.00 e. The molecular formula is C6H8MgNiO15S2. The fourth-order valence-corrected chi connectivity index (χ4v) is 0.714. The van der Waals surface area contributed by atoms with Gasteiger partial charge in [0.2, 0.25) is 0 Å². The van der Waals surface area contributed by atoms with Crippen molar-refractivity contribution in [3.05, 3.63) is 0 Å². The maximum atomic E-state index is 10.3. The average Bonchev–Trinajstić information content (AvgIpc) is 2.07. The Morgan fingerprint density at radius 2 is 0.920 bits per heavy atom. The Labute approximate surface area is 166 Å². The monoisotopic (exact) mass is 466 g/mol. The number of carbonyl (C=O) groups is 3. The summed E-state index contributed by atoms with van der Waals surface area (Å²) < 4.78 is 68.2. The van der Waals surface area contributed by atoms with Crippen LogP contribution in [0.15, 0.2) is 0 Å². The molecule has 0 atom stereocenters. The van der Waals surface area contributed by atoms with Crippen molar-refractivity contribution in [1.82, 2.24) is 0 Å². The van der Waals surface area contributed by atoms with Crippen molar-refractivity contribution >= 4 is 61.8 Å². The van der Waals surface area contributed by atoms with E-state index in [0.717, 1.165) is 0 Å². The predicted molar refractivity (Wildman–Crippen MR) is 63.8 cm³/mol. The number of carboxylic acids is 3. The number of hydrogen-bond acceptors (Lipinski definition) is 12. The molecule has 4 N–H and O–H groups in total. The quantitative estimate of drug-likeness (QED) is 0.169. The molecule has 0 bridgehead atoms. The van der Waals surface area contributed by atoms with Gasteiger partial charge in [-0.2, -0.15) is 0 Å². The summed E-state index contributed by atoms with van der Waals surface area (Å²) in [5, 5.41) is 33.8. The van der Waals surface area contributed by atoms with Crippen molar-refractivity contribution in [1.29, 1.82) is 0 Å². The van der Waals surface area contributed by atoms with Crippen molar-refractivity contribution in [2.45, 2.75) is 18.4 Å². The molecular weight excluding hydrogens is 459 g/mol. The standard InChI is InChI=1S/C6H8O7.Mg.Ni.2H2O4S/c7-3(8)1-6(13,5(11)12)2-4(9)10;;;2*1-5(2,3)4/h13H,1-2H2,(H,7,8)(H,9,10)(H,11,12);;;2*(H2,1,2,3,4)/q;2*+2;;/p-4. The molecule has 19 heteroatoms. The number of carboxylic acid groups (broad SMARTS) is 3. The molecule has 0 spiro atoms. The van der Waals surface area contributed by atoms with E-state index in [2.05, 4.69) is 0 Å². The summed E-state index contributed by atoms with van der Waals surface area (Å²) in [6.45, 7) is 0. The molecule has 0 unspecified atom stereocenters. The molecule has 0 heterocycles. The van der Waals surface area contributed by atoms with Crippen LogP contribution in [0.4, 0.5) is 0 Å². The predicted octanol–water partition coefficient (Wildman–Crippen LogP) is -4.31. The first kappa shape index (κ1) is 35.5. The fourth-order valence-electron chi connectivity index (χ4n) is 0.714. The van der Waals surface area contributed by atoms with Gasteiger partial charge < -0.3 is 38.6 Å². The van der Waals surface area contributed by atoms with E-state index >= 15 is 0 Å². The summed E-state index contributed by atoms with van der Waals surface area (Å²) in [4.78, 5) is 30.5.